The van der Waals surface area contributed by atoms with Gasteiger partial charge in [0, 0.05) is 50.7 Å². The Labute approximate surface area is 175 Å². The molecule has 0 radical (unpaired) electrons. The minimum atomic E-state index is 0.417. The van der Waals surface area contributed by atoms with Crippen LogP contribution in [-0.4, -0.2) is 92.7 Å². The predicted octanol–water partition coefficient (Wildman–Crippen LogP) is 2.08. The summed E-state index contributed by atoms with van der Waals surface area (Å²) < 4.78 is 0. The second-order valence-corrected chi connectivity index (χ2v) is 8.68. The van der Waals surface area contributed by atoms with Crippen LogP contribution in [0.25, 0.3) is 0 Å². The van der Waals surface area contributed by atoms with Gasteiger partial charge in [-0.15, -0.1) is 11.3 Å². The summed E-state index contributed by atoms with van der Waals surface area (Å²) in [6.07, 6.45) is 2.63. The summed E-state index contributed by atoms with van der Waals surface area (Å²) in [4.78, 5) is 14.1. The van der Waals surface area contributed by atoms with Crippen LogP contribution in [0.2, 0.25) is 0 Å². The first-order valence-electron chi connectivity index (χ1n) is 11.0. The van der Waals surface area contributed by atoms with E-state index in [0.717, 1.165) is 32.1 Å². The van der Waals surface area contributed by atoms with Crippen LogP contribution >= 0.6 is 11.3 Å². The van der Waals surface area contributed by atoms with E-state index in [4.69, 9.17) is 4.99 Å². The maximum atomic E-state index is 4.96. The van der Waals surface area contributed by atoms with Crippen molar-refractivity contribution in [2.24, 2.45) is 4.99 Å². The maximum absolute atomic E-state index is 4.96. The van der Waals surface area contributed by atoms with Crippen molar-refractivity contribution in [1.82, 2.24) is 25.3 Å². The SMILES string of the molecule is CCNC(=NCC(c1cccs1)N1CCCC1)NCCN1CCN(CC)CC1. The van der Waals surface area contributed by atoms with Gasteiger partial charge in [-0.25, -0.2) is 0 Å². The molecule has 1 atom stereocenters. The molecule has 3 rings (SSSR count). The van der Waals surface area contributed by atoms with E-state index in [1.54, 1.807) is 0 Å². The van der Waals surface area contributed by atoms with Gasteiger partial charge in [0.2, 0.25) is 0 Å². The molecule has 1 unspecified atom stereocenters. The highest BCUT2D eigenvalue weighted by Gasteiger charge is 2.24. The van der Waals surface area contributed by atoms with Crippen LogP contribution < -0.4 is 10.6 Å². The van der Waals surface area contributed by atoms with Crippen LogP contribution in [0.3, 0.4) is 0 Å². The molecule has 0 amide bonds. The Morgan fingerprint density at radius 2 is 1.82 bits per heavy atom. The first-order valence-corrected chi connectivity index (χ1v) is 11.9. The summed E-state index contributed by atoms with van der Waals surface area (Å²) in [6.45, 7) is 16.5. The third kappa shape index (κ3) is 6.44. The zero-order valence-electron chi connectivity index (χ0n) is 17.7. The third-order valence-electron chi connectivity index (χ3n) is 5.85. The van der Waals surface area contributed by atoms with E-state index in [1.165, 1.54) is 63.5 Å². The number of aliphatic imine (C=N–C) groups is 1. The molecule has 2 N–H and O–H groups in total. The Balaban J connectivity index is 1.49. The number of likely N-dealkylation sites (N-methyl/N-ethyl adjacent to an activating group) is 1. The maximum Gasteiger partial charge on any atom is 0.191 e. The molecule has 6 nitrogen and oxygen atoms in total. The van der Waals surface area contributed by atoms with Gasteiger partial charge in [-0.3, -0.25) is 14.8 Å². The van der Waals surface area contributed by atoms with Crippen molar-refractivity contribution in [3.63, 3.8) is 0 Å². The second kappa shape index (κ2) is 11.8. The van der Waals surface area contributed by atoms with Crippen molar-refractivity contribution >= 4 is 17.3 Å². The summed E-state index contributed by atoms with van der Waals surface area (Å²) in [6, 6.07) is 4.84. The normalized spacial score (nSPS) is 21.1. The molecular formula is C21H38N6S. The second-order valence-electron chi connectivity index (χ2n) is 7.70. The zero-order chi connectivity index (χ0) is 19.6. The van der Waals surface area contributed by atoms with E-state index in [1.807, 2.05) is 11.3 Å². The Bertz CT molecular complexity index is 561. The van der Waals surface area contributed by atoms with Gasteiger partial charge in [0.1, 0.15) is 0 Å². The molecule has 158 valence electrons. The van der Waals surface area contributed by atoms with E-state index >= 15 is 0 Å². The highest BCUT2D eigenvalue weighted by Crippen LogP contribution is 2.28. The van der Waals surface area contributed by atoms with Gasteiger partial charge in [0.05, 0.1) is 12.6 Å². The van der Waals surface area contributed by atoms with E-state index in [9.17, 15) is 0 Å². The van der Waals surface area contributed by atoms with Crippen LogP contribution in [0.5, 0.6) is 0 Å². The molecule has 0 aliphatic carbocycles. The van der Waals surface area contributed by atoms with Gasteiger partial charge in [-0.05, 0) is 50.8 Å². The van der Waals surface area contributed by atoms with Gasteiger partial charge in [0.15, 0.2) is 5.96 Å². The summed E-state index contributed by atoms with van der Waals surface area (Å²) in [5.41, 5.74) is 0. The summed E-state index contributed by atoms with van der Waals surface area (Å²) in [7, 11) is 0. The first-order chi connectivity index (χ1) is 13.8. The van der Waals surface area contributed by atoms with Crippen LogP contribution in [0.15, 0.2) is 22.5 Å². The average Bonchev–Trinajstić information content (AvgIpc) is 3.43. The summed E-state index contributed by atoms with van der Waals surface area (Å²) in [5, 5.41) is 9.16. The van der Waals surface area contributed by atoms with Crippen molar-refractivity contribution in [1.29, 1.82) is 0 Å². The predicted molar refractivity (Wildman–Crippen MR) is 120 cm³/mol. The molecule has 1 aromatic heterocycles. The lowest BCUT2D eigenvalue weighted by molar-refractivity contribution is 0.139. The third-order valence-corrected chi connectivity index (χ3v) is 6.83. The number of rotatable bonds is 9. The number of nitrogens with zero attached hydrogens (tertiary/aromatic N) is 4. The molecular weight excluding hydrogens is 368 g/mol. The zero-order valence-corrected chi connectivity index (χ0v) is 18.5. The molecule has 3 heterocycles. The van der Waals surface area contributed by atoms with E-state index < -0.39 is 0 Å². The highest BCUT2D eigenvalue weighted by molar-refractivity contribution is 7.10. The minimum absolute atomic E-state index is 0.417. The lowest BCUT2D eigenvalue weighted by atomic mass is 10.2. The number of guanidine groups is 1. The average molecular weight is 407 g/mol. The molecule has 28 heavy (non-hydrogen) atoms. The first kappa shape index (κ1) is 21.6. The quantitative estimate of drug-likeness (QED) is 0.486. The van der Waals surface area contributed by atoms with Crippen molar-refractivity contribution in [3.8, 4) is 0 Å². The number of piperazine rings is 1. The number of hydrogen-bond acceptors (Lipinski definition) is 5. The van der Waals surface area contributed by atoms with Crippen molar-refractivity contribution < 1.29 is 0 Å². The fourth-order valence-corrected chi connectivity index (χ4v) is 4.95. The van der Waals surface area contributed by atoms with E-state index in [2.05, 4.69) is 56.7 Å². The number of likely N-dealkylation sites (tertiary alicyclic amines) is 1. The number of nitrogens with one attached hydrogen (secondary N) is 2. The van der Waals surface area contributed by atoms with E-state index in [-0.39, 0.29) is 0 Å². The lowest BCUT2D eigenvalue weighted by Gasteiger charge is -2.34. The van der Waals surface area contributed by atoms with Crippen molar-refractivity contribution in [3.05, 3.63) is 22.4 Å². The van der Waals surface area contributed by atoms with Gasteiger partial charge in [-0.2, -0.15) is 0 Å². The fourth-order valence-electron chi connectivity index (χ4n) is 4.10. The Hall–Kier alpha value is -1.15. The molecule has 0 saturated carbocycles. The molecule has 1 aromatic rings. The molecule has 2 fully saturated rings. The smallest absolute Gasteiger partial charge is 0.191 e. The summed E-state index contributed by atoms with van der Waals surface area (Å²) >= 11 is 1.86. The molecule has 2 aliphatic rings. The Morgan fingerprint density at radius 3 is 2.46 bits per heavy atom. The molecule has 2 saturated heterocycles. The highest BCUT2D eigenvalue weighted by atomic mass is 32.1. The number of thiophene rings is 1. The van der Waals surface area contributed by atoms with Gasteiger partial charge >= 0.3 is 0 Å². The van der Waals surface area contributed by atoms with Gasteiger partial charge < -0.3 is 15.5 Å². The van der Waals surface area contributed by atoms with Crippen molar-refractivity contribution in [2.75, 3.05) is 72.0 Å². The topological polar surface area (TPSA) is 46.1 Å². The largest absolute Gasteiger partial charge is 0.357 e. The van der Waals surface area contributed by atoms with E-state index in [0.29, 0.717) is 6.04 Å². The monoisotopic (exact) mass is 406 g/mol. The van der Waals surface area contributed by atoms with Crippen LogP contribution in [0.1, 0.15) is 37.6 Å². The van der Waals surface area contributed by atoms with Gasteiger partial charge in [0.25, 0.3) is 0 Å². The molecule has 0 bridgehead atoms. The van der Waals surface area contributed by atoms with Gasteiger partial charge in [-0.1, -0.05) is 13.0 Å². The Morgan fingerprint density at radius 1 is 1.07 bits per heavy atom. The van der Waals surface area contributed by atoms with Crippen LogP contribution in [0, 0.1) is 0 Å². The number of hydrogen-bond donors (Lipinski definition) is 2. The Kier molecular flexibility index (Phi) is 9.05. The lowest BCUT2D eigenvalue weighted by Crippen LogP contribution is -2.49. The molecule has 0 spiro atoms. The van der Waals surface area contributed by atoms with Crippen LogP contribution in [-0.2, 0) is 0 Å². The molecule has 7 heteroatoms. The van der Waals surface area contributed by atoms with Crippen molar-refractivity contribution in [2.45, 2.75) is 32.7 Å². The summed E-state index contributed by atoms with van der Waals surface area (Å²) in [5.74, 6) is 0.954. The molecule has 0 aromatic carbocycles. The fraction of sp³-hybridized carbons (Fsp3) is 0.762. The molecule has 2 aliphatic heterocycles. The minimum Gasteiger partial charge on any atom is -0.357 e. The van der Waals surface area contributed by atoms with Crippen LogP contribution in [0.4, 0.5) is 0 Å². The standard InChI is InChI=1S/C21H38N6S/c1-3-22-21(23-9-12-26-15-13-25(4-2)14-16-26)24-18-19(20-8-7-17-28-20)27-10-5-6-11-27/h7-8,17,19H,3-6,9-16,18H2,1-2H3,(H2,22,23,24).